The van der Waals surface area contributed by atoms with Gasteiger partial charge in [0.05, 0.1) is 12.6 Å². The number of aromatic nitrogens is 1. The number of rotatable bonds is 5. The highest BCUT2D eigenvalue weighted by Gasteiger charge is 2.20. The number of hydrogen-bond acceptors (Lipinski definition) is 4. The Bertz CT molecular complexity index is 1320. The number of hydrogen-bond donors (Lipinski definition) is 0. The number of allylic oxidation sites excluding steroid dienone is 2. The van der Waals surface area contributed by atoms with Crippen LogP contribution in [0.1, 0.15) is 68.2 Å². The highest BCUT2D eigenvalue weighted by atomic mass is 16.5. The standard InChI is InChI=1S/C34H43N3O2/c1-6-27-22-28-15-16-33(38)37(7-2)20-19-36(24-29-12-8-14-31-30(29)13-9-17-35-31)18-10-11-25(3)21-26(4)34(28)32(23-27)39-5/h6,8-9,12-14,17,21-23,26H,1,7,10-11,15-16,18-20,24H2,2-5H3/b25-21+. The van der Waals surface area contributed by atoms with Crippen LogP contribution in [0.2, 0.25) is 0 Å². The topological polar surface area (TPSA) is 45.7 Å². The summed E-state index contributed by atoms with van der Waals surface area (Å²) < 4.78 is 5.84. The second kappa shape index (κ2) is 13.6. The van der Waals surface area contributed by atoms with Crippen molar-refractivity contribution in [2.75, 3.05) is 33.3 Å². The van der Waals surface area contributed by atoms with Gasteiger partial charge in [-0.3, -0.25) is 14.7 Å². The van der Waals surface area contributed by atoms with Crippen LogP contribution in [-0.4, -0.2) is 54.0 Å². The molecular weight excluding hydrogens is 482 g/mol. The van der Waals surface area contributed by atoms with Crippen LogP contribution in [0, 0.1) is 0 Å². The summed E-state index contributed by atoms with van der Waals surface area (Å²) in [6.45, 7) is 14.6. The van der Waals surface area contributed by atoms with E-state index in [4.69, 9.17) is 4.74 Å². The van der Waals surface area contributed by atoms with Crippen molar-refractivity contribution in [1.82, 2.24) is 14.8 Å². The first kappa shape index (κ1) is 28.6. The van der Waals surface area contributed by atoms with E-state index >= 15 is 0 Å². The van der Waals surface area contributed by atoms with Gasteiger partial charge >= 0.3 is 0 Å². The molecule has 0 bridgehead atoms. The minimum atomic E-state index is 0.190. The van der Waals surface area contributed by atoms with Crippen LogP contribution in [0.5, 0.6) is 5.75 Å². The zero-order valence-electron chi connectivity index (χ0n) is 24.1. The molecule has 0 saturated carbocycles. The molecule has 0 radical (unpaired) electrons. The van der Waals surface area contributed by atoms with E-state index in [1.54, 1.807) is 7.11 Å². The third-order valence-corrected chi connectivity index (χ3v) is 7.90. The minimum Gasteiger partial charge on any atom is -0.496 e. The fourth-order valence-corrected chi connectivity index (χ4v) is 5.83. The van der Waals surface area contributed by atoms with Crippen molar-refractivity contribution in [2.24, 2.45) is 0 Å². The third kappa shape index (κ3) is 7.15. The Morgan fingerprint density at radius 3 is 2.72 bits per heavy atom. The quantitative estimate of drug-likeness (QED) is 0.336. The van der Waals surface area contributed by atoms with Crippen molar-refractivity contribution in [1.29, 1.82) is 0 Å². The van der Waals surface area contributed by atoms with Crippen molar-refractivity contribution in [3.63, 3.8) is 0 Å². The van der Waals surface area contributed by atoms with Crippen molar-refractivity contribution >= 4 is 22.9 Å². The van der Waals surface area contributed by atoms with E-state index in [-0.39, 0.29) is 11.8 Å². The van der Waals surface area contributed by atoms with Crippen LogP contribution in [0.15, 0.2) is 66.9 Å². The van der Waals surface area contributed by atoms with Crippen LogP contribution in [0.3, 0.4) is 0 Å². The summed E-state index contributed by atoms with van der Waals surface area (Å²) in [7, 11) is 1.73. The van der Waals surface area contributed by atoms with Crippen molar-refractivity contribution in [3.8, 4) is 5.75 Å². The van der Waals surface area contributed by atoms with Crippen LogP contribution in [0.4, 0.5) is 0 Å². The lowest BCUT2D eigenvalue weighted by Crippen LogP contribution is -2.39. The average Bonchev–Trinajstić information content (AvgIpc) is 2.95. The van der Waals surface area contributed by atoms with Gasteiger partial charge < -0.3 is 9.64 Å². The van der Waals surface area contributed by atoms with Gasteiger partial charge in [0.15, 0.2) is 0 Å². The predicted molar refractivity (Wildman–Crippen MR) is 162 cm³/mol. The smallest absolute Gasteiger partial charge is 0.222 e. The molecule has 1 amide bonds. The van der Waals surface area contributed by atoms with E-state index in [9.17, 15) is 4.79 Å². The van der Waals surface area contributed by atoms with Crippen molar-refractivity contribution < 1.29 is 9.53 Å². The molecular formula is C34H43N3O2. The number of carbonyl (C=O) groups is 1. The summed E-state index contributed by atoms with van der Waals surface area (Å²) in [4.78, 5) is 22.5. The molecule has 2 heterocycles. The van der Waals surface area contributed by atoms with E-state index in [2.05, 4.69) is 79.7 Å². The molecule has 1 aromatic heterocycles. The fraction of sp³-hybridized carbons (Fsp3) is 0.412. The summed E-state index contributed by atoms with van der Waals surface area (Å²) in [5.41, 5.74) is 7.08. The molecule has 1 aliphatic heterocycles. The molecule has 0 saturated heterocycles. The number of fused-ring (bicyclic) bond motifs is 2. The first-order chi connectivity index (χ1) is 18.9. The summed E-state index contributed by atoms with van der Waals surface area (Å²) in [5, 5.41) is 1.20. The van der Waals surface area contributed by atoms with Gasteiger partial charge in [-0.25, -0.2) is 0 Å². The van der Waals surface area contributed by atoms with E-state index in [1.807, 2.05) is 23.2 Å². The monoisotopic (exact) mass is 525 g/mol. The maximum Gasteiger partial charge on any atom is 0.222 e. The molecule has 1 unspecified atom stereocenters. The Morgan fingerprint density at radius 2 is 1.95 bits per heavy atom. The summed E-state index contributed by atoms with van der Waals surface area (Å²) in [5.74, 6) is 1.27. The van der Waals surface area contributed by atoms with Gasteiger partial charge in [-0.15, -0.1) is 0 Å². The minimum absolute atomic E-state index is 0.190. The molecule has 39 heavy (non-hydrogen) atoms. The molecule has 206 valence electrons. The van der Waals surface area contributed by atoms with Crippen molar-refractivity contribution in [3.05, 3.63) is 89.1 Å². The van der Waals surface area contributed by atoms with Gasteiger partial charge in [0, 0.05) is 55.7 Å². The lowest BCUT2D eigenvalue weighted by Gasteiger charge is -2.28. The highest BCUT2D eigenvalue weighted by Crippen LogP contribution is 2.35. The van der Waals surface area contributed by atoms with E-state index < -0.39 is 0 Å². The SMILES string of the molecule is C=Cc1cc2c(c(OC)c1)C(C)/C=C(\C)CCCN(Cc1cccc3ncccc13)CCN(CC)C(=O)CC2. The Balaban J connectivity index is 1.62. The summed E-state index contributed by atoms with van der Waals surface area (Å²) >= 11 is 0. The molecule has 3 aromatic rings. The molecule has 2 aromatic carbocycles. The lowest BCUT2D eigenvalue weighted by atomic mass is 9.88. The molecule has 0 N–H and O–H groups in total. The van der Waals surface area contributed by atoms with E-state index in [1.165, 1.54) is 27.6 Å². The summed E-state index contributed by atoms with van der Waals surface area (Å²) in [6.07, 6.45) is 9.35. The normalized spacial score (nSPS) is 19.5. The van der Waals surface area contributed by atoms with Crippen LogP contribution < -0.4 is 4.74 Å². The molecule has 0 fully saturated rings. The van der Waals surface area contributed by atoms with Crippen LogP contribution in [0.25, 0.3) is 17.0 Å². The Hall–Kier alpha value is -3.44. The number of ether oxygens (including phenoxy) is 1. The Morgan fingerprint density at radius 1 is 1.10 bits per heavy atom. The van der Waals surface area contributed by atoms with Gasteiger partial charge in [0.1, 0.15) is 5.75 Å². The zero-order chi connectivity index (χ0) is 27.8. The third-order valence-electron chi connectivity index (χ3n) is 7.90. The van der Waals surface area contributed by atoms with Gasteiger partial charge in [0.25, 0.3) is 0 Å². The van der Waals surface area contributed by atoms with Gasteiger partial charge in [-0.2, -0.15) is 0 Å². The molecule has 0 spiro atoms. The number of carbonyl (C=O) groups excluding carboxylic acids is 1. The van der Waals surface area contributed by atoms with Crippen molar-refractivity contribution in [2.45, 2.75) is 58.9 Å². The Kier molecular flexibility index (Phi) is 9.94. The zero-order valence-corrected chi connectivity index (χ0v) is 24.1. The molecule has 1 atom stereocenters. The number of amides is 1. The molecule has 0 aliphatic carbocycles. The molecule has 1 aliphatic rings. The number of methoxy groups -OCH3 is 1. The Labute approximate surface area is 234 Å². The largest absolute Gasteiger partial charge is 0.496 e. The summed E-state index contributed by atoms with van der Waals surface area (Å²) in [6, 6.07) is 14.8. The number of benzene rings is 2. The van der Waals surface area contributed by atoms with E-state index in [0.29, 0.717) is 19.4 Å². The van der Waals surface area contributed by atoms with Crippen LogP contribution in [-0.2, 0) is 17.8 Å². The van der Waals surface area contributed by atoms with E-state index in [0.717, 1.165) is 55.9 Å². The second-order valence-corrected chi connectivity index (χ2v) is 10.6. The highest BCUT2D eigenvalue weighted by molar-refractivity contribution is 5.81. The average molecular weight is 526 g/mol. The molecule has 5 nitrogen and oxygen atoms in total. The maximum absolute atomic E-state index is 13.4. The first-order valence-corrected chi connectivity index (χ1v) is 14.3. The number of nitrogens with zero attached hydrogens (tertiary/aromatic N) is 3. The number of pyridine rings is 1. The van der Waals surface area contributed by atoms with Crippen LogP contribution >= 0.6 is 0 Å². The first-order valence-electron chi connectivity index (χ1n) is 14.3. The number of likely N-dealkylation sites (N-methyl/N-ethyl adjacent to an activating group) is 1. The fourth-order valence-electron chi connectivity index (χ4n) is 5.83. The lowest BCUT2D eigenvalue weighted by molar-refractivity contribution is -0.131. The van der Waals surface area contributed by atoms with Gasteiger partial charge in [-0.05, 0) is 74.5 Å². The molecule has 4 rings (SSSR count). The predicted octanol–water partition coefficient (Wildman–Crippen LogP) is 7.01. The maximum atomic E-state index is 13.4. The number of aryl methyl sites for hydroxylation is 1. The molecule has 5 heteroatoms. The second-order valence-electron chi connectivity index (χ2n) is 10.6. The van der Waals surface area contributed by atoms with Gasteiger partial charge in [-0.1, -0.05) is 55.5 Å². The van der Waals surface area contributed by atoms with Gasteiger partial charge in [0.2, 0.25) is 5.91 Å².